The molecular formula is C30H37ClN6O4. The Labute approximate surface area is 245 Å². The van der Waals surface area contributed by atoms with Crippen LogP contribution < -0.4 is 10.6 Å². The molecule has 41 heavy (non-hydrogen) atoms. The number of piperidine rings is 1. The number of hydrogen-bond donors (Lipinski definition) is 2. The number of likely N-dealkylation sites (tertiary alicyclic amines) is 1. The van der Waals surface area contributed by atoms with E-state index < -0.39 is 0 Å². The number of benzene rings is 1. The van der Waals surface area contributed by atoms with E-state index in [1.54, 1.807) is 51.9 Å². The highest BCUT2D eigenvalue weighted by atomic mass is 35.5. The number of pyridine rings is 1. The molecule has 2 fully saturated rings. The monoisotopic (exact) mass is 580 g/mol. The number of aromatic nitrogens is 2. The van der Waals surface area contributed by atoms with Crippen molar-refractivity contribution in [2.45, 2.75) is 51.7 Å². The smallest absolute Gasteiger partial charge is 0.268 e. The summed E-state index contributed by atoms with van der Waals surface area (Å²) in [5.41, 5.74) is 1.60. The molecule has 218 valence electrons. The first-order valence-electron chi connectivity index (χ1n) is 14.3. The summed E-state index contributed by atoms with van der Waals surface area (Å²) in [5, 5.41) is 6.93. The molecule has 0 unspecified atom stereocenters. The molecule has 2 aliphatic heterocycles. The molecule has 0 bridgehead atoms. The number of fused-ring (bicyclic) bond motifs is 1. The average Bonchev–Trinajstić information content (AvgIpc) is 3.10. The van der Waals surface area contributed by atoms with Gasteiger partial charge in [-0.1, -0.05) is 17.7 Å². The van der Waals surface area contributed by atoms with Crippen LogP contribution in [-0.2, 0) is 16.1 Å². The van der Waals surface area contributed by atoms with Crippen molar-refractivity contribution in [2.75, 3.05) is 44.7 Å². The Morgan fingerprint density at radius 1 is 1.05 bits per heavy atom. The number of nitrogens with zero attached hydrogens (tertiary/aromatic N) is 4. The summed E-state index contributed by atoms with van der Waals surface area (Å²) in [6, 6.07) is 12.6. The van der Waals surface area contributed by atoms with Crippen molar-refractivity contribution in [1.29, 1.82) is 0 Å². The molecule has 11 heteroatoms. The van der Waals surface area contributed by atoms with Gasteiger partial charge in [0.05, 0.1) is 6.61 Å². The summed E-state index contributed by atoms with van der Waals surface area (Å²) in [5.74, 6) is -0.328. The summed E-state index contributed by atoms with van der Waals surface area (Å²) < 4.78 is 7.19. The van der Waals surface area contributed by atoms with E-state index in [4.69, 9.17) is 16.3 Å². The van der Waals surface area contributed by atoms with Crippen molar-refractivity contribution < 1.29 is 19.1 Å². The maximum Gasteiger partial charge on any atom is 0.268 e. The summed E-state index contributed by atoms with van der Waals surface area (Å²) in [4.78, 5) is 48.3. The van der Waals surface area contributed by atoms with Crippen LogP contribution in [0.1, 0.15) is 54.0 Å². The van der Waals surface area contributed by atoms with E-state index in [1.165, 1.54) is 0 Å². The minimum Gasteiger partial charge on any atom is -0.380 e. The first kappa shape index (κ1) is 29.0. The molecule has 1 aromatic carbocycles. The Morgan fingerprint density at radius 2 is 1.85 bits per heavy atom. The van der Waals surface area contributed by atoms with E-state index in [9.17, 15) is 14.4 Å². The highest BCUT2D eigenvalue weighted by Gasteiger charge is 2.26. The fourth-order valence-electron chi connectivity index (χ4n) is 5.52. The third kappa shape index (κ3) is 7.06. The third-order valence-electron chi connectivity index (χ3n) is 7.77. The quantitative estimate of drug-likeness (QED) is 0.412. The van der Waals surface area contributed by atoms with Crippen molar-refractivity contribution in [2.24, 2.45) is 0 Å². The second-order valence-electron chi connectivity index (χ2n) is 10.9. The van der Waals surface area contributed by atoms with Gasteiger partial charge in [-0.25, -0.2) is 4.98 Å². The zero-order valence-corrected chi connectivity index (χ0v) is 24.3. The van der Waals surface area contributed by atoms with Crippen LogP contribution in [0.5, 0.6) is 0 Å². The number of hydrogen-bond acceptors (Lipinski definition) is 6. The highest BCUT2D eigenvalue weighted by Crippen LogP contribution is 2.24. The second kappa shape index (κ2) is 13.0. The Bertz CT molecular complexity index is 1410. The summed E-state index contributed by atoms with van der Waals surface area (Å²) in [6.45, 7) is 8.44. The summed E-state index contributed by atoms with van der Waals surface area (Å²) in [6.07, 6.45) is 2.52. The first-order chi connectivity index (χ1) is 19.8. The molecule has 0 radical (unpaired) electrons. The van der Waals surface area contributed by atoms with Gasteiger partial charge in [-0.2, -0.15) is 0 Å². The number of ether oxygens (including phenoxy) is 1. The number of amides is 3. The zero-order chi connectivity index (χ0) is 28.9. The Balaban J connectivity index is 1.40. The normalized spacial score (nSPS) is 17.0. The van der Waals surface area contributed by atoms with E-state index in [0.29, 0.717) is 54.9 Å². The molecule has 0 spiro atoms. The van der Waals surface area contributed by atoms with Crippen LogP contribution in [0, 0.1) is 0 Å². The Kier molecular flexibility index (Phi) is 9.22. The molecule has 0 atom stereocenters. The molecule has 0 aliphatic carbocycles. The van der Waals surface area contributed by atoms with Gasteiger partial charge in [-0.05, 0) is 69.5 Å². The standard InChI is InChI=1S/C30H37ClN6O4/c1-20(2)35-12-9-23(10-13-35)32-29(39)25-18-22-17-21(30(40)36-11-4-15-41-16-14-36)7-8-24(22)37(25)19-28(38)34-27-6-3-5-26(31)33-27/h3,5-8,17-18,20,23H,4,9-16,19H2,1-2H3,(H,32,39)(H,33,34,38). The van der Waals surface area contributed by atoms with Crippen molar-refractivity contribution in [1.82, 2.24) is 24.7 Å². The predicted octanol–water partition coefficient (Wildman–Crippen LogP) is 3.79. The van der Waals surface area contributed by atoms with Crippen LogP contribution >= 0.6 is 11.6 Å². The second-order valence-corrected chi connectivity index (χ2v) is 11.3. The number of nitrogens with one attached hydrogen (secondary N) is 2. The van der Waals surface area contributed by atoms with Gasteiger partial charge in [-0.15, -0.1) is 0 Å². The van der Waals surface area contributed by atoms with E-state index in [2.05, 4.69) is 34.4 Å². The Hall–Kier alpha value is -3.47. The lowest BCUT2D eigenvalue weighted by Crippen LogP contribution is -2.47. The lowest BCUT2D eigenvalue weighted by Gasteiger charge is -2.34. The fraction of sp³-hybridized carbons (Fsp3) is 0.467. The molecule has 2 N–H and O–H groups in total. The molecule has 3 aromatic rings. The SMILES string of the molecule is CC(C)N1CCC(NC(=O)c2cc3cc(C(=O)N4CCCOCC4)ccc3n2CC(=O)Nc2cccc(Cl)n2)CC1. The van der Waals surface area contributed by atoms with Gasteiger partial charge in [0.2, 0.25) is 5.91 Å². The molecule has 2 saturated heterocycles. The van der Waals surface area contributed by atoms with Gasteiger partial charge in [-0.3, -0.25) is 14.4 Å². The van der Waals surface area contributed by atoms with Crippen LogP contribution in [0.4, 0.5) is 5.82 Å². The van der Waals surface area contributed by atoms with E-state index >= 15 is 0 Å². The number of carbonyl (C=O) groups is 3. The van der Waals surface area contributed by atoms with Crippen molar-refractivity contribution in [3.05, 3.63) is 58.9 Å². The van der Waals surface area contributed by atoms with E-state index in [1.807, 2.05) is 0 Å². The third-order valence-corrected chi connectivity index (χ3v) is 7.98. The van der Waals surface area contributed by atoms with Crippen LogP contribution in [0.25, 0.3) is 10.9 Å². The van der Waals surface area contributed by atoms with E-state index in [0.717, 1.165) is 37.7 Å². The van der Waals surface area contributed by atoms with Gasteiger partial charge < -0.3 is 29.7 Å². The van der Waals surface area contributed by atoms with Crippen LogP contribution in [0.2, 0.25) is 5.15 Å². The maximum absolute atomic E-state index is 13.6. The highest BCUT2D eigenvalue weighted by molar-refractivity contribution is 6.29. The Morgan fingerprint density at radius 3 is 2.61 bits per heavy atom. The maximum atomic E-state index is 13.6. The molecule has 4 heterocycles. The lowest BCUT2D eigenvalue weighted by atomic mass is 10.0. The molecular weight excluding hydrogens is 544 g/mol. The number of halogens is 1. The molecule has 5 rings (SSSR count). The summed E-state index contributed by atoms with van der Waals surface area (Å²) >= 11 is 5.98. The van der Waals surface area contributed by atoms with Crippen LogP contribution in [0.15, 0.2) is 42.5 Å². The fourth-order valence-corrected chi connectivity index (χ4v) is 5.68. The largest absolute Gasteiger partial charge is 0.380 e. The number of rotatable bonds is 7. The average molecular weight is 581 g/mol. The molecule has 0 saturated carbocycles. The van der Waals surface area contributed by atoms with Gasteiger partial charge in [0.1, 0.15) is 23.2 Å². The van der Waals surface area contributed by atoms with Gasteiger partial charge in [0, 0.05) is 61.3 Å². The van der Waals surface area contributed by atoms with Crippen molar-refractivity contribution >= 4 is 46.0 Å². The minimum absolute atomic E-state index is 0.0517. The zero-order valence-electron chi connectivity index (χ0n) is 23.6. The summed E-state index contributed by atoms with van der Waals surface area (Å²) in [7, 11) is 0. The van der Waals surface area contributed by atoms with Gasteiger partial charge >= 0.3 is 0 Å². The van der Waals surface area contributed by atoms with Gasteiger partial charge in [0.25, 0.3) is 11.8 Å². The minimum atomic E-state index is -0.346. The molecule has 3 amide bonds. The van der Waals surface area contributed by atoms with Gasteiger partial charge in [0.15, 0.2) is 0 Å². The molecule has 10 nitrogen and oxygen atoms in total. The first-order valence-corrected chi connectivity index (χ1v) is 14.6. The molecule has 2 aromatic heterocycles. The topological polar surface area (TPSA) is 109 Å². The molecule has 2 aliphatic rings. The lowest BCUT2D eigenvalue weighted by molar-refractivity contribution is -0.116. The predicted molar refractivity (Wildman–Crippen MR) is 158 cm³/mol. The van der Waals surface area contributed by atoms with Crippen LogP contribution in [0.3, 0.4) is 0 Å². The van der Waals surface area contributed by atoms with E-state index in [-0.39, 0.29) is 35.5 Å². The number of anilines is 1. The number of carbonyl (C=O) groups excluding carboxylic acids is 3. The van der Waals surface area contributed by atoms with Crippen molar-refractivity contribution in [3.8, 4) is 0 Å². The van der Waals surface area contributed by atoms with Crippen LogP contribution in [-0.4, -0.2) is 88.5 Å². The van der Waals surface area contributed by atoms with Crippen molar-refractivity contribution in [3.63, 3.8) is 0 Å².